The Morgan fingerprint density at radius 2 is 1.83 bits per heavy atom. The van der Waals surface area contributed by atoms with Gasteiger partial charge in [-0.25, -0.2) is 0 Å². The Morgan fingerprint density at radius 1 is 1.04 bits per heavy atom. The Morgan fingerprint density at radius 3 is 2.61 bits per heavy atom. The van der Waals surface area contributed by atoms with Crippen molar-refractivity contribution in [3.63, 3.8) is 0 Å². The predicted octanol–water partition coefficient (Wildman–Crippen LogP) is 4.70. The van der Waals surface area contributed by atoms with Crippen LogP contribution in [0.2, 0.25) is 0 Å². The average Bonchev–Trinajstić information content (AvgIpc) is 2.84. The molecule has 3 aromatic rings. The van der Waals surface area contributed by atoms with Crippen molar-refractivity contribution in [2.75, 3.05) is 0 Å². The fourth-order valence-corrected chi connectivity index (χ4v) is 3.59. The summed E-state index contributed by atoms with van der Waals surface area (Å²) in [5.74, 6) is 0.173. The highest BCUT2D eigenvalue weighted by Crippen LogP contribution is 2.34. The summed E-state index contributed by atoms with van der Waals surface area (Å²) in [7, 11) is 2.00. The SMILES string of the molecule is Cc1ccc2c(c1)c1c(n2C)C(=O)C(=Cc2ccccc2)CC1. The number of Topliss-reactive ketones (excluding diaryl/α,β-unsaturated/α-hetero) is 1. The minimum atomic E-state index is 0.173. The third kappa shape index (κ3) is 2.22. The second kappa shape index (κ2) is 5.24. The monoisotopic (exact) mass is 301 g/mol. The van der Waals surface area contributed by atoms with Crippen LogP contribution in [0.3, 0.4) is 0 Å². The third-order valence-corrected chi connectivity index (χ3v) is 4.75. The maximum Gasteiger partial charge on any atom is 0.205 e. The van der Waals surface area contributed by atoms with Crippen LogP contribution in [0.25, 0.3) is 17.0 Å². The van der Waals surface area contributed by atoms with E-state index in [1.807, 2.05) is 43.5 Å². The maximum absolute atomic E-state index is 13.0. The molecular formula is C21H19NO. The lowest BCUT2D eigenvalue weighted by molar-refractivity contribution is 0.101. The molecule has 0 unspecified atom stereocenters. The second-order valence-electron chi connectivity index (χ2n) is 6.32. The molecule has 0 saturated carbocycles. The van der Waals surface area contributed by atoms with Gasteiger partial charge in [0.25, 0.3) is 0 Å². The van der Waals surface area contributed by atoms with Crippen molar-refractivity contribution in [1.82, 2.24) is 4.57 Å². The van der Waals surface area contributed by atoms with Crippen molar-refractivity contribution < 1.29 is 4.79 Å². The quantitative estimate of drug-likeness (QED) is 0.597. The lowest BCUT2D eigenvalue weighted by atomic mass is 9.89. The van der Waals surface area contributed by atoms with Crippen molar-refractivity contribution in [3.8, 4) is 0 Å². The van der Waals surface area contributed by atoms with Crippen molar-refractivity contribution in [1.29, 1.82) is 0 Å². The van der Waals surface area contributed by atoms with Crippen LogP contribution in [0.1, 0.15) is 33.6 Å². The molecule has 0 amide bonds. The minimum Gasteiger partial charge on any atom is -0.341 e. The van der Waals surface area contributed by atoms with Crippen LogP contribution < -0.4 is 0 Å². The molecule has 2 aromatic carbocycles. The first-order chi connectivity index (χ1) is 11.1. The predicted molar refractivity (Wildman–Crippen MR) is 94.7 cm³/mol. The number of fused-ring (bicyclic) bond motifs is 3. The number of hydrogen-bond acceptors (Lipinski definition) is 1. The van der Waals surface area contributed by atoms with Crippen LogP contribution in [0.4, 0.5) is 0 Å². The van der Waals surface area contributed by atoms with Crippen LogP contribution in [-0.2, 0) is 13.5 Å². The fourth-order valence-electron chi connectivity index (χ4n) is 3.59. The Bertz CT molecular complexity index is 945. The van der Waals surface area contributed by atoms with Gasteiger partial charge in [-0.3, -0.25) is 4.79 Å². The zero-order valence-electron chi connectivity index (χ0n) is 13.5. The van der Waals surface area contributed by atoms with E-state index in [2.05, 4.69) is 29.7 Å². The van der Waals surface area contributed by atoms with E-state index in [0.717, 1.165) is 35.2 Å². The Hall–Kier alpha value is -2.61. The van der Waals surface area contributed by atoms with E-state index >= 15 is 0 Å². The van der Waals surface area contributed by atoms with Gasteiger partial charge in [0.2, 0.25) is 5.78 Å². The van der Waals surface area contributed by atoms with E-state index in [0.29, 0.717) is 0 Å². The van der Waals surface area contributed by atoms with Crippen LogP contribution in [0.5, 0.6) is 0 Å². The number of ketones is 1. The van der Waals surface area contributed by atoms with Crippen LogP contribution >= 0.6 is 0 Å². The standard InChI is InChI=1S/C21H19NO/c1-14-8-11-19-18(12-14)17-10-9-16(21(23)20(17)22(19)2)13-15-6-4-3-5-7-15/h3-8,11-13H,9-10H2,1-2H3. The normalized spacial score (nSPS) is 16.1. The third-order valence-electron chi connectivity index (χ3n) is 4.75. The zero-order valence-corrected chi connectivity index (χ0v) is 13.5. The highest BCUT2D eigenvalue weighted by molar-refractivity contribution is 6.15. The van der Waals surface area contributed by atoms with Crippen LogP contribution in [-0.4, -0.2) is 10.4 Å². The van der Waals surface area contributed by atoms with E-state index in [4.69, 9.17) is 0 Å². The van der Waals surface area contributed by atoms with Gasteiger partial charge in [0.1, 0.15) is 0 Å². The van der Waals surface area contributed by atoms with Gasteiger partial charge in [-0.15, -0.1) is 0 Å². The van der Waals surface area contributed by atoms with Gasteiger partial charge in [0.05, 0.1) is 5.69 Å². The van der Waals surface area contributed by atoms with Crippen molar-refractivity contribution in [2.45, 2.75) is 19.8 Å². The number of benzene rings is 2. The molecule has 0 aliphatic heterocycles. The molecule has 0 atom stereocenters. The molecule has 0 saturated heterocycles. The molecule has 0 bridgehead atoms. The summed E-state index contributed by atoms with van der Waals surface area (Å²) in [6.07, 6.45) is 3.78. The Labute approximate surface area is 136 Å². The van der Waals surface area contributed by atoms with Crippen LogP contribution in [0.15, 0.2) is 54.1 Å². The Kier molecular flexibility index (Phi) is 3.19. The lowest BCUT2D eigenvalue weighted by Crippen LogP contribution is -2.16. The zero-order chi connectivity index (χ0) is 16.0. The number of carbonyl (C=O) groups excluding carboxylic acids is 1. The number of allylic oxidation sites excluding steroid dienone is 1. The summed E-state index contributed by atoms with van der Waals surface area (Å²) in [5.41, 5.74) is 6.46. The van der Waals surface area contributed by atoms with Gasteiger partial charge in [-0.2, -0.15) is 0 Å². The molecule has 1 aromatic heterocycles. The fraction of sp³-hybridized carbons (Fsp3) is 0.190. The molecule has 0 fully saturated rings. The van der Waals surface area contributed by atoms with Crippen LogP contribution in [0, 0.1) is 6.92 Å². The Balaban J connectivity index is 1.86. The van der Waals surface area contributed by atoms with Gasteiger partial charge in [0.15, 0.2) is 0 Å². The summed E-state index contributed by atoms with van der Waals surface area (Å²) < 4.78 is 2.06. The summed E-state index contributed by atoms with van der Waals surface area (Å²) in [6.45, 7) is 2.10. The average molecular weight is 301 g/mol. The first-order valence-corrected chi connectivity index (χ1v) is 8.03. The second-order valence-corrected chi connectivity index (χ2v) is 6.32. The van der Waals surface area contributed by atoms with Gasteiger partial charge >= 0.3 is 0 Å². The number of hydrogen-bond donors (Lipinski definition) is 0. The number of aromatic nitrogens is 1. The summed E-state index contributed by atoms with van der Waals surface area (Å²) in [6, 6.07) is 16.5. The summed E-state index contributed by atoms with van der Waals surface area (Å²) >= 11 is 0. The molecule has 2 heteroatoms. The molecular weight excluding hydrogens is 282 g/mol. The van der Waals surface area contributed by atoms with Crippen molar-refractivity contribution in [2.24, 2.45) is 7.05 Å². The van der Waals surface area contributed by atoms with Gasteiger partial charge in [0, 0.05) is 23.5 Å². The number of carbonyl (C=O) groups is 1. The molecule has 1 heterocycles. The van der Waals surface area contributed by atoms with E-state index in [-0.39, 0.29) is 5.78 Å². The highest BCUT2D eigenvalue weighted by atomic mass is 16.1. The smallest absolute Gasteiger partial charge is 0.205 e. The molecule has 0 radical (unpaired) electrons. The minimum absolute atomic E-state index is 0.173. The molecule has 4 rings (SSSR count). The van der Waals surface area contributed by atoms with E-state index in [1.54, 1.807) is 0 Å². The summed E-state index contributed by atoms with van der Waals surface area (Å²) in [5, 5.41) is 1.23. The topological polar surface area (TPSA) is 22.0 Å². The van der Waals surface area contributed by atoms with E-state index < -0.39 is 0 Å². The van der Waals surface area contributed by atoms with Crippen molar-refractivity contribution in [3.05, 3.63) is 76.5 Å². The molecule has 0 N–H and O–H groups in total. The molecule has 23 heavy (non-hydrogen) atoms. The largest absolute Gasteiger partial charge is 0.341 e. The van der Waals surface area contributed by atoms with Crippen molar-refractivity contribution >= 4 is 22.8 Å². The van der Waals surface area contributed by atoms with Gasteiger partial charge < -0.3 is 4.57 Å². The molecule has 114 valence electrons. The van der Waals surface area contributed by atoms with Gasteiger partial charge in [-0.1, -0.05) is 42.0 Å². The molecule has 1 aliphatic rings. The lowest BCUT2D eigenvalue weighted by Gasteiger charge is -2.16. The number of nitrogens with zero attached hydrogens (tertiary/aromatic N) is 1. The van der Waals surface area contributed by atoms with Gasteiger partial charge in [-0.05, 0) is 49.1 Å². The van der Waals surface area contributed by atoms with E-state index in [1.165, 1.54) is 16.5 Å². The highest BCUT2D eigenvalue weighted by Gasteiger charge is 2.27. The number of aryl methyl sites for hydroxylation is 3. The molecule has 0 spiro atoms. The number of rotatable bonds is 1. The maximum atomic E-state index is 13.0. The molecule has 2 nitrogen and oxygen atoms in total. The summed E-state index contributed by atoms with van der Waals surface area (Å²) in [4.78, 5) is 13.0. The first kappa shape index (κ1) is 14.0. The molecule has 1 aliphatic carbocycles. The van der Waals surface area contributed by atoms with E-state index in [9.17, 15) is 4.79 Å². The first-order valence-electron chi connectivity index (χ1n) is 8.03.